The van der Waals surface area contributed by atoms with Crippen LogP contribution in [0.15, 0.2) is 67.0 Å². The molecule has 0 aliphatic carbocycles. The van der Waals surface area contributed by atoms with Gasteiger partial charge in [-0.15, -0.1) is 0 Å². The summed E-state index contributed by atoms with van der Waals surface area (Å²) in [5.74, 6) is 0.480. The minimum atomic E-state index is -0.852. The van der Waals surface area contributed by atoms with Crippen LogP contribution in [0, 0.1) is 11.3 Å². The zero-order chi connectivity index (χ0) is 16.9. The van der Waals surface area contributed by atoms with Crippen LogP contribution in [0.3, 0.4) is 0 Å². The first kappa shape index (κ1) is 15.9. The highest BCUT2D eigenvalue weighted by atomic mass is 16.3. The SMILES string of the molecule is N#Cc1ccc([C@@H](O)Cn2ccnc2[C@H](O)c2ccccc2)cc1. The van der Waals surface area contributed by atoms with Gasteiger partial charge in [-0.2, -0.15) is 5.26 Å². The maximum atomic E-state index is 10.5. The van der Waals surface area contributed by atoms with E-state index in [2.05, 4.69) is 11.1 Å². The molecule has 0 fully saturated rings. The fraction of sp³-hybridized carbons (Fsp3) is 0.158. The van der Waals surface area contributed by atoms with Crippen molar-refractivity contribution in [2.24, 2.45) is 0 Å². The predicted molar refractivity (Wildman–Crippen MR) is 88.8 cm³/mol. The molecule has 0 bridgehead atoms. The number of hydrogen-bond acceptors (Lipinski definition) is 4. The lowest BCUT2D eigenvalue weighted by atomic mass is 10.1. The Labute approximate surface area is 140 Å². The van der Waals surface area contributed by atoms with E-state index in [-0.39, 0.29) is 6.54 Å². The first-order valence-electron chi connectivity index (χ1n) is 7.61. The van der Waals surface area contributed by atoms with Crippen LogP contribution in [-0.2, 0) is 6.54 Å². The van der Waals surface area contributed by atoms with Crippen molar-refractivity contribution in [1.29, 1.82) is 5.26 Å². The Morgan fingerprint density at radius 2 is 1.71 bits per heavy atom. The number of nitrogens with zero attached hydrogens (tertiary/aromatic N) is 3. The Kier molecular flexibility index (Phi) is 4.71. The van der Waals surface area contributed by atoms with Crippen molar-refractivity contribution in [1.82, 2.24) is 9.55 Å². The molecule has 0 unspecified atom stereocenters. The topological polar surface area (TPSA) is 82.1 Å². The Morgan fingerprint density at radius 1 is 1.00 bits per heavy atom. The summed E-state index contributed by atoms with van der Waals surface area (Å²) in [4.78, 5) is 4.23. The second kappa shape index (κ2) is 7.09. The molecule has 0 saturated heterocycles. The number of hydrogen-bond donors (Lipinski definition) is 2. The predicted octanol–water partition coefficient (Wildman–Crippen LogP) is 2.57. The van der Waals surface area contributed by atoms with Crippen LogP contribution in [0.1, 0.15) is 34.7 Å². The van der Waals surface area contributed by atoms with Crippen LogP contribution in [-0.4, -0.2) is 19.8 Å². The van der Waals surface area contributed by atoms with Gasteiger partial charge in [0.2, 0.25) is 0 Å². The number of aliphatic hydroxyl groups excluding tert-OH is 2. The van der Waals surface area contributed by atoms with Crippen LogP contribution < -0.4 is 0 Å². The maximum absolute atomic E-state index is 10.5. The van der Waals surface area contributed by atoms with E-state index < -0.39 is 12.2 Å². The molecule has 3 rings (SSSR count). The molecule has 24 heavy (non-hydrogen) atoms. The van der Waals surface area contributed by atoms with Crippen LogP contribution >= 0.6 is 0 Å². The van der Waals surface area contributed by atoms with Gasteiger partial charge in [-0.3, -0.25) is 0 Å². The van der Waals surface area contributed by atoms with Crippen molar-refractivity contribution in [3.05, 3.63) is 89.5 Å². The quantitative estimate of drug-likeness (QED) is 0.757. The largest absolute Gasteiger partial charge is 0.387 e. The van der Waals surface area contributed by atoms with Crippen molar-refractivity contribution in [2.75, 3.05) is 0 Å². The van der Waals surface area contributed by atoms with E-state index in [1.165, 1.54) is 0 Å². The molecule has 2 N–H and O–H groups in total. The number of nitriles is 1. The Balaban J connectivity index is 1.79. The van der Waals surface area contributed by atoms with E-state index >= 15 is 0 Å². The van der Waals surface area contributed by atoms with E-state index in [1.54, 1.807) is 41.2 Å². The third kappa shape index (κ3) is 3.35. The van der Waals surface area contributed by atoms with Crippen LogP contribution in [0.4, 0.5) is 0 Å². The van der Waals surface area contributed by atoms with Crippen molar-refractivity contribution < 1.29 is 10.2 Å². The molecular weight excluding hydrogens is 302 g/mol. The van der Waals surface area contributed by atoms with Gasteiger partial charge in [0.15, 0.2) is 0 Å². The molecule has 0 spiro atoms. The van der Waals surface area contributed by atoms with Gasteiger partial charge in [0, 0.05) is 12.4 Å². The van der Waals surface area contributed by atoms with Gasteiger partial charge < -0.3 is 14.8 Å². The third-order valence-corrected chi connectivity index (χ3v) is 3.90. The van der Waals surface area contributed by atoms with Crippen LogP contribution in [0.2, 0.25) is 0 Å². The molecule has 120 valence electrons. The fourth-order valence-corrected chi connectivity index (χ4v) is 2.58. The molecule has 5 nitrogen and oxygen atoms in total. The van der Waals surface area contributed by atoms with Gasteiger partial charge in [0.25, 0.3) is 0 Å². The summed E-state index contributed by atoms with van der Waals surface area (Å²) in [6.45, 7) is 0.269. The van der Waals surface area contributed by atoms with Crippen molar-refractivity contribution in [3.63, 3.8) is 0 Å². The second-order valence-corrected chi connectivity index (χ2v) is 5.50. The zero-order valence-corrected chi connectivity index (χ0v) is 12.9. The van der Waals surface area contributed by atoms with Gasteiger partial charge in [0.05, 0.1) is 24.3 Å². The molecule has 0 radical (unpaired) electrons. The Morgan fingerprint density at radius 3 is 2.38 bits per heavy atom. The highest BCUT2D eigenvalue weighted by Gasteiger charge is 2.18. The van der Waals surface area contributed by atoms with E-state index in [1.807, 2.05) is 30.3 Å². The standard InChI is InChI=1S/C19H17N3O2/c20-12-14-6-8-15(9-7-14)17(23)13-22-11-10-21-19(22)18(24)16-4-2-1-3-5-16/h1-11,17-18,23-24H,13H2/t17-,18+/m0/s1. The smallest absolute Gasteiger partial charge is 0.142 e. The van der Waals surface area contributed by atoms with Crippen LogP contribution in [0.25, 0.3) is 0 Å². The molecule has 2 aromatic carbocycles. The Hall–Kier alpha value is -2.94. The first-order chi connectivity index (χ1) is 11.7. The van der Waals surface area contributed by atoms with Crippen molar-refractivity contribution in [3.8, 4) is 6.07 Å². The summed E-state index contributed by atoms with van der Waals surface area (Å²) >= 11 is 0. The molecule has 1 aromatic heterocycles. The van der Waals surface area contributed by atoms with Crippen molar-refractivity contribution >= 4 is 0 Å². The summed E-state index contributed by atoms with van der Waals surface area (Å²) < 4.78 is 1.74. The number of benzene rings is 2. The van der Waals surface area contributed by atoms with Gasteiger partial charge >= 0.3 is 0 Å². The van der Waals surface area contributed by atoms with E-state index in [0.717, 1.165) is 5.56 Å². The molecule has 0 aliphatic heterocycles. The number of imidazole rings is 1. The number of rotatable bonds is 5. The summed E-state index contributed by atoms with van der Waals surface area (Å²) in [5, 5.41) is 29.8. The zero-order valence-electron chi connectivity index (χ0n) is 12.9. The molecule has 2 atom stereocenters. The van der Waals surface area contributed by atoms with E-state index in [9.17, 15) is 10.2 Å². The monoisotopic (exact) mass is 319 g/mol. The molecular formula is C19H17N3O2. The van der Waals surface area contributed by atoms with Gasteiger partial charge in [-0.05, 0) is 23.3 Å². The lowest BCUT2D eigenvalue weighted by Gasteiger charge is -2.17. The molecule has 0 aliphatic rings. The second-order valence-electron chi connectivity index (χ2n) is 5.50. The first-order valence-corrected chi connectivity index (χ1v) is 7.61. The van der Waals surface area contributed by atoms with E-state index in [4.69, 9.17) is 5.26 Å². The lowest BCUT2D eigenvalue weighted by Crippen LogP contribution is -2.14. The average Bonchev–Trinajstić information content (AvgIpc) is 3.10. The summed E-state index contributed by atoms with van der Waals surface area (Å²) in [6.07, 6.45) is 1.73. The molecule has 5 heteroatoms. The summed E-state index contributed by atoms with van der Waals surface area (Å²) in [5.41, 5.74) is 2.01. The number of aliphatic hydroxyl groups is 2. The summed E-state index contributed by atoms with van der Waals surface area (Å²) in [6, 6.07) is 18.1. The average molecular weight is 319 g/mol. The van der Waals surface area contributed by atoms with E-state index in [0.29, 0.717) is 17.0 Å². The van der Waals surface area contributed by atoms with Gasteiger partial charge in [-0.1, -0.05) is 42.5 Å². The van der Waals surface area contributed by atoms with Gasteiger partial charge in [0.1, 0.15) is 11.9 Å². The highest BCUT2D eigenvalue weighted by molar-refractivity contribution is 5.32. The highest BCUT2D eigenvalue weighted by Crippen LogP contribution is 2.23. The Bertz CT molecular complexity index is 835. The minimum absolute atomic E-state index is 0.269. The van der Waals surface area contributed by atoms with Crippen LogP contribution in [0.5, 0.6) is 0 Å². The summed E-state index contributed by atoms with van der Waals surface area (Å²) in [7, 11) is 0. The van der Waals surface area contributed by atoms with Crippen molar-refractivity contribution in [2.45, 2.75) is 18.8 Å². The minimum Gasteiger partial charge on any atom is -0.387 e. The van der Waals surface area contributed by atoms with Gasteiger partial charge in [-0.25, -0.2) is 4.98 Å². The lowest BCUT2D eigenvalue weighted by molar-refractivity contribution is 0.147. The fourth-order valence-electron chi connectivity index (χ4n) is 2.58. The normalized spacial score (nSPS) is 13.2. The maximum Gasteiger partial charge on any atom is 0.142 e. The molecule has 3 aromatic rings. The molecule has 1 heterocycles. The molecule has 0 amide bonds. The molecule has 0 saturated carbocycles. The number of aromatic nitrogens is 2. The third-order valence-electron chi connectivity index (χ3n) is 3.90.